The summed E-state index contributed by atoms with van der Waals surface area (Å²) < 4.78 is 18.7. The Bertz CT molecular complexity index is 734. The molecule has 0 N–H and O–H groups in total. The van der Waals surface area contributed by atoms with Gasteiger partial charge in [0.25, 0.3) is 0 Å². The summed E-state index contributed by atoms with van der Waals surface area (Å²) in [5.74, 6) is -2.23. The second-order valence-electron chi connectivity index (χ2n) is 7.36. The molecule has 1 aromatic carbocycles. The van der Waals surface area contributed by atoms with Crippen LogP contribution in [0.15, 0.2) is 35.4 Å². The van der Waals surface area contributed by atoms with Crippen LogP contribution in [0.5, 0.6) is 0 Å². The fourth-order valence-corrected chi connectivity index (χ4v) is 4.55. The van der Waals surface area contributed by atoms with Crippen LogP contribution in [0.25, 0.3) is 0 Å². The molecular formula is C22H27FO5. The number of ether oxygens (including phenoxy) is 1. The molecule has 3 rings (SSSR count). The van der Waals surface area contributed by atoms with Gasteiger partial charge >= 0.3 is 5.97 Å². The number of ketones is 1. The number of Topliss-reactive ketones (excluding diaryl/α,β-unsaturated/α-hetero) is 1. The number of benzene rings is 1. The fourth-order valence-electron chi connectivity index (χ4n) is 4.55. The summed E-state index contributed by atoms with van der Waals surface area (Å²) in [6.07, 6.45) is 4.54. The fraction of sp³-hybridized carbons (Fsp3) is 0.545. The molecule has 2 aliphatic carbocycles. The molecule has 0 spiro atoms. The molecule has 1 aromatic rings. The minimum atomic E-state index is -0.953. The number of hydrogen-bond acceptors (Lipinski definition) is 5. The lowest BCUT2D eigenvalue weighted by molar-refractivity contribution is -0.266. The van der Waals surface area contributed by atoms with E-state index in [2.05, 4.69) is 0 Å². The maximum Gasteiger partial charge on any atom is 0.317 e. The normalized spacial score (nSPS) is 23.3. The molecule has 28 heavy (non-hydrogen) atoms. The van der Waals surface area contributed by atoms with E-state index in [0.717, 1.165) is 36.8 Å². The molecule has 1 fully saturated rings. The van der Waals surface area contributed by atoms with Crippen LogP contribution >= 0.6 is 0 Å². The highest BCUT2D eigenvalue weighted by molar-refractivity contribution is 6.02. The van der Waals surface area contributed by atoms with Gasteiger partial charge in [-0.3, -0.25) is 9.59 Å². The second kappa shape index (κ2) is 9.43. The zero-order valence-corrected chi connectivity index (χ0v) is 16.4. The number of esters is 1. The molecule has 6 heteroatoms. The van der Waals surface area contributed by atoms with Crippen LogP contribution in [0.1, 0.15) is 50.5 Å². The van der Waals surface area contributed by atoms with Crippen molar-refractivity contribution in [3.05, 3.63) is 46.8 Å². The van der Waals surface area contributed by atoms with E-state index in [1.165, 1.54) is 19.2 Å². The van der Waals surface area contributed by atoms with Crippen molar-refractivity contribution in [1.82, 2.24) is 0 Å². The Kier molecular flexibility index (Phi) is 6.97. The molecular weight excluding hydrogens is 363 g/mol. The van der Waals surface area contributed by atoms with Crippen LogP contribution in [-0.2, 0) is 24.1 Å². The van der Waals surface area contributed by atoms with E-state index >= 15 is 0 Å². The minimum Gasteiger partial charge on any atom is -0.465 e. The van der Waals surface area contributed by atoms with Gasteiger partial charge < -0.3 is 4.74 Å². The first-order valence-electron chi connectivity index (χ1n) is 9.89. The van der Waals surface area contributed by atoms with Crippen molar-refractivity contribution < 1.29 is 28.5 Å². The van der Waals surface area contributed by atoms with Crippen LogP contribution in [0.4, 0.5) is 4.39 Å². The summed E-state index contributed by atoms with van der Waals surface area (Å²) in [6.45, 7) is 2.07. The van der Waals surface area contributed by atoms with Crippen molar-refractivity contribution >= 4 is 11.8 Å². The van der Waals surface area contributed by atoms with E-state index in [-0.39, 0.29) is 31.2 Å². The number of hydrogen-bond donors (Lipinski definition) is 0. The van der Waals surface area contributed by atoms with Gasteiger partial charge in [0.1, 0.15) is 18.3 Å². The van der Waals surface area contributed by atoms with Gasteiger partial charge in [-0.05, 0) is 49.0 Å². The number of halogens is 1. The predicted octanol–water partition coefficient (Wildman–Crippen LogP) is 4.13. The lowest BCUT2D eigenvalue weighted by Crippen LogP contribution is -2.38. The lowest BCUT2D eigenvalue weighted by Gasteiger charge is -2.35. The molecule has 2 unspecified atom stereocenters. The first-order chi connectivity index (χ1) is 13.6. The molecule has 2 aliphatic rings. The average Bonchev–Trinajstić information content (AvgIpc) is 3.21. The first kappa shape index (κ1) is 20.7. The third-order valence-corrected chi connectivity index (χ3v) is 5.78. The molecule has 1 saturated carbocycles. The molecule has 0 aliphatic heterocycles. The lowest BCUT2D eigenvalue weighted by atomic mass is 9.68. The van der Waals surface area contributed by atoms with Gasteiger partial charge in [-0.1, -0.05) is 30.5 Å². The molecule has 0 radical (unpaired) electrons. The van der Waals surface area contributed by atoms with Crippen LogP contribution in [-0.4, -0.2) is 32.1 Å². The van der Waals surface area contributed by atoms with E-state index in [0.29, 0.717) is 11.5 Å². The van der Waals surface area contributed by atoms with Crippen LogP contribution in [0.3, 0.4) is 0 Å². The summed E-state index contributed by atoms with van der Waals surface area (Å²) >= 11 is 0. The summed E-state index contributed by atoms with van der Waals surface area (Å²) in [4.78, 5) is 35.9. The monoisotopic (exact) mass is 390 g/mol. The topological polar surface area (TPSA) is 61.8 Å². The first-order valence-corrected chi connectivity index (χ1v) is 9.89. The van der Waals surface area contributed by atoms with Gasteiger partial charge in [0.05, 0.1) is 13.7 Å². The van der Waals surface area contributed by atoms with Crippen molar-refractivity contribution in [2.75, 3.05) is 20.3 Å². The van der Waals surface area contributed by atoms with Crippen molar-refractivity contribution in [1.29, 1.82) is 0 Å². The Morgan fingerprint density at radius 3 is 2.46 bits per heavy atom. The Hall–Kier alpha value is -2.05. The third kappa shape index (κ3) is 4.33. The smallest absolute Gasteiger partial charge is 0.317 e. The molecule has 0 amide bonds. The number of carbonyl (C=O) groups is 2. The molecule has 0 bridgehead atoms. The van der Waals surface area contributed by atoms with Crippen molar-refractivity contribution in [2.45, 2.75) is 44.9 Å². The molecule has 0 heterocycles. The summed E-state index contributed by atoms with van der Waals surface area (Å²) in [5.41, 5.74) is 2.64. The van der Waals surface area contributed by atoms with Gasteiger partial charge in [-0.25, -0.2) is 14.2 Å². The van der Waals surface area contributed by atoms with Gasteiger partial charge in [0.15, 0.2) is 5.78 Å². The summed E-state index contributed by atoms with van der Waals surface area (Å²) in [7, 11) is 1.43. The average molecular weight is 390 g/mol. The van der Waals surface area contributed by atoms with E-state index in [1.807, 2.05) is 0 Å². The predicted molar refractivity (Wildman–Crippen MR) is 101 cm³/mol. The van der Waals surface area contributed by atoms with Crippen LogP contribution in [0.2, 0.25) is 0 Å². The second-order valence-corrected chi connectivity index (χ2v) is 7.36. The molecule has 0 aromatic heterocycles. The summed E-state index contributed by atoms with van der Waals surface area (Å²) in [6, 6.07) is 5.95. The molecule has 5 nitrogen and oxygen atoms in total. The Morgan fingerprint density at radius 2 is 1.86 bits per heavy atom. The zero-order chi connectivity index (χ0) is 20.1. The highest BCUT2D eigenvalue weighted by Gasteiger charge is 2.45. The highest BCUT2D eigenvalue weighted by Crippen LogP contribution is 2.46. The van der Waals surface area contributed by atoms with Gasteiger partial charge in [-0.2, -0.15) is 0 Å². The zero-order valence-electron chi connectivity index (χ0n) is 16.4. The van der Waals surface area contributed by atoms with Crippen molar-refractivity contribution in [3.8, 4) is 0 Å². The van der Waals surface area contributed by atoms with Gasteiger partial charge in [-0.15, -0.1) is 0 Å². The standard InChI is InChI=1S/C22H27FO5/c1-3-27-22(25)21-19(24)12-17(14-6-4-5-7-14)18(13-28-26-2)20(21)15-8-10-16(23)11-9-15/h8-11,14,20-21H,3-7,12-13H2,1-2H3. The molecule has 152 valence electrons. The number of allylic oxidation sites excluding steroid dienone is 1. The minimum absolute atomic E-state index is 0.143. The van der Waals surface area contributed by atoms with E-state index in [1.54, 1.807) is 19.1 Å². The molecule has 0 saturated heterocycles. The van der Waals surface area contributed by atoms with E-state index in [9.17, 15) is 14.0 Å². The van der Waals surface area contributed by atoms with Crippen molar-refractivity contribution in [2.24, 2.45) is 11.8 Å². The maximum atomic E-state index is 13.5. The largest absolute Gasteiger partial charge is 0.465 e. The van der Waals surface area contributed by atoms with Crippen LogP contribution in [0, 0.1) is 17.7 Å². The highest BCUT2D eigenvalue weighted by atomic mass is 19.1. The summed E-state index contributed by atoms with van der Waals surface area (Å²) in [5, 5.41) is 0. The van der Waals surface area contributed by atoms with Crippen LogP contribution < -0.4 is 0 Å². The quantitative estimate of drug-likeness (QED) is 0.230. The van der Waals surface area contributed by atoms with E-state index in [4.69, 9.17) is 14.5 Å². The number of rotatable bonds is 7. The Morgan fingerprint density at radius 1 is 1.18 bits per heavy atom. The Labute approximate surface area is 164 Å². The van der Waals surface area contributed by atoms with Gasteiger partial charge in [0, 0.05) is 12.3 Å². The Balaban J connectivity index is 2.11. The van der Waals surface area contributed by atoms with Crippen molar-refractivity contribution in [3.63, 3.8) is 0 Å². The molecule has 2 atom stereocenters. The SMILES string of the molecule is CCOC(=O)C1C(=O)CC(C2CCCC2)=C(COOC)C1c1ccc(F)cc1. The number of carbonyl (C=O) groups excluding carboxylic acids is 2. The maximum absolute atomic E-state index is 13.5. The third-order valence-electron chi connectivity index (χ3n) is 5.78. The van der Waals surface area contributed by atoms with Gasteiger partial charge in [0.2, 0.25) is 0 Å². The van der Waals surface area contributed by atoms with E-state index < -0.39 is 17.8 Å².